The van der Waals surface area contributed by atoms with E-state index in [0.717, 1.165) is 16.1 Å². The highest BCUT2D eigenvalue weighted by atomic mass is 79.9. The maximum absolute atomic E-state index is 13.2. The summed E-state index contributed by atoms with van der Waals surface area (Å²) in [6.45, 7) is 0. The highest BCUT2D eigenvalue weighted by molar-refractivity contribution is 9.10. The van der Waals surface area contributed by atoms with Crippen LogP contribution in [0.25, 0.3) is 22.0 Å². The third-order valence-corrected chi connectivity index (χ3v) is 3.79. The van der Waals surface area contributed by atoms with Gasteiger partial charge in [-0.25, -0.2) is 4.98 Å². The van der Waals surface area contributed by atoms with Crippen LogP contribution in [0.15, 0.2) is 53.0 Å². The van der Waals surface area contributed by atoms with E-state index in [9.17, 15) is 13.2 Å². The molecule has 0 aliphatic rings. The molecule has 3 rings (SSSR count). The van der Waals surface area contributed by atoms with Crippen molar-refractivity contribution in [1.29, 1.82) is 0 Å². The monoisotopic (exact) mass is 366 g/mol. The molecule has 112 valence electrons. The van der Waals surface area contributed by atoms with Crippen LogP contribution >= 0.6 is 15.9 Å². The van der Waals surface area contributed by atoms with Gasteiger partial charge in [0, 0.05) is 9.86 Å². The number of para-hydroxylation sites is 1. The Bertz CT molecular complexity index is 860. The second-order valence-corrected chi connectivity index (χ2v) is 5.72. The summed E-state index contributed by atoms with van der Waals surface area (Å²) in [7, 11) is 0. The summed E-state index contributed by atoms with van der Waals surface area (Å²) in [4.78, 5) is 3.90. The Kier molecular flexibility index (Phi) is 3.56. The van der Waals surface area contributed by atoms with Gasteiger partial charge in [-0.1, -0.05) is 40.2 Å². The molecule has 2 aromatic carbocycles. The lowest BCUT2D eigenvalue weighted by Gasteiger charge is -2.13. The molecular formula is C16H10BrF3N2. The van der Waals surface area contributed by atoms with Gasteiger partial charge in [0.15, 0.2) is 0 Å². The zero-order valence-corrected chi connectivity index (χ0v) is 12.7. The quantitative estimate of drug-likeness (QED) is 0.637. The van der Waals surface area contributed by atoms with Crippen LogP contribution in [0.2, 0.25) is 0 Å². The molecule has 0 spiro atoms. The van der Waals surface area contributed by atoms with Gasteiger partial charge in [0.2, 0.25) is 0 Å². The Morgan fingerprint density at radius 2 is 1.73 bits per heavy atom. The molecule has 0 bridgehead atoms. The van der Waals surface area contributed by atoms with Crippen LogP contribution in [-0.2, 0) is 6.18 Å². The van der Waals surface area contributed by atoms with Crippen LogP contribution in [0.4, 0.5) is 19.0 Å². The van der Waals surface area contributed by atoms with Crippen LogP contribution in [-0.4, -0.2) is 4.98 Å². The third-order valence-electron chi connectivity index (χ3n) is 3.30. The molecule has 2 nitrogen and oxygen atoms in total. The molecule has 0 radical (unpaired) electrons. The molecule has 0 aliphatic carbocycles. The van der Waals surface area contributed by atoms with Crippen molar-refractivity contribution < 1.29 is 13.2 Å². The van der Waals surface area contributed by atoms with Gasteiger partial charge in [0.05, 0.1) is 11.1 Å². The normalized spacial score (nSPS) is 11.8. The summed E-state index contributed by atoms with van der Waals surface area (Å²) in [5.41, 5.74) is 6.20. The van der Waals surface area contributed by atoms with Gasteiger partial charge in [-0.05, 0) is 35.4 Å². The number of alkyl halides is 3. The fourth-order valence-corrected chi connectivity index (χ4v) is 2.79. The summed E-state index contributed by atoms with van der Waals surface area (Å²) in [6, 6.07) is 12.9. The first-order chi connectivity index (χ1) is 10.4. The molecule has 0 amide bonds. The summed E-state index contributed by atoms with van der Waals surface area (Å²) < 4.78 is 40.3. The van der Waals surface area contributed by atoms with E-state index in [1.165, 1.54) is 6.07 Å². The molecule has 1 aromatic heterocycles. The fraction of sp³-hybridized carbons (Fsp3) is 0.0625. The molecule has 22 heavy (non-hydrogen) atoms. The Balaban J connectivity index is 2.37. The van der Waals surface area contributed by atoms with Crippen molar-refractivity contribution in [2.75, 3.05) is 5.73 Å². The predicted molar refractivity (Wildman–Crippen MR) is 84.3 cm³/mol. The minimum atomic E-state index is -4.48. The van der Waals surface area contributed by atoms with E-state index in [2.05, 4.69) is 20.9 Å². The molecular weight excluding hydrogens is 357 g/mol. The molecule has 0 fully saturated rings. The van der Waals surface area contributed by atoms with Gasteiger partial charge in [0.25, 0.3) is 0 Å². The van der Waals surface area contributed by atoms with Crippen LogP contribution < -0.4 is 5.73 Å². The number of anilines is 1. The Labute approximate surface area is 132 Å². The number of nitrogens with two attached hydrogens (primary N) is 1. The van der Waals surface area contributed by atoms with E-state index in [-0.39, 0.29) is 11.3 Å². The number of nitrogens with zero attached hydrogens (tertiary/aromatic N) is 1. The van der Waals surface area contributed by atoms with Crippen molar-refractivity contribution in [3.63, 3.8) is 0 Å². The first-order valence-electron chi connectivity index (χ1n) is 6.38. The minimum absolute atomic E-state index is 0.0548. The Hall–Kier alpha value is -2.08. The van der Waals surface area contributed by atoms with Gasteiger partial charge in [-0.3, -0.25) is 0 Å². The molecule has 3 aromatic rings. The van der Waals surface area contributed by atoms with E-state index < -0.39 is 11.7 Å². The summed E-state index contributed by atoms with van der Waals surface area (Å²) >= 11 is 3.36. The zero-order valence-electron chi connectivity index (χ0n) is 11.2. The van der Waals surface area contributed by atoms with E-state index in [1.54, 1.807) is 12.1 Å². The summed E-state index contributed by atoms with van der Waals surface area (Å²) in [6.07, 6.45) is -4.48. The van der Waals surface area contributed by atoms with Crippen molar-refractivity contribution >= 4 is 32.7 Å². The van der Waals surface area contributed by atoms with Crippen molar-refractivity contribution in [3.8, 4) is 11.1 Å². The van der Waals surface area contributed by atoms with Crippen molar-refractivity contribution in [2.45, 2.75) is 6.18 Å². The first-order valence-corrected chi connectivity index (χ1v) is 7.18. The number of hydrogen-bond acceptors (Lipinski definition) is 2. The largest absolute Gasteiger partial charge is 0.418 e. The Morgan fingerprint density at radius 1 is 1.00 bits per heavy atom. The van der Waals surface area contributed by atoms with E-state index in [0.29, 0.717) is 10.9 Å². The van der Waals surface area contributed by atoms with Crippen LogP contribution in [0, 0.1) is 0 Å². The molecule has 0 aliphatic heterocycles. The number of fused-ring (bicyclic) bond motifs is 1. The lowest BCUT2D eigenvalue weighted by molar-refractivity contribution is -0.136. The zero-order chi connectivity index (χ0) is 15.9. The van der Waals surface area contributed by atoms with Crippen molar-refractivity contribution in [1.82, 2.24) is 4.98 Å². The maximum Gasteiger partial charge on any atom is 0.418 e. The molecule has 1 heterocycles. The average molecular weight is 367 g/mol. The number of hydrogen-bond donors (Lipinski definition) is 1. The van der Waals surface area contributed by atoms with Crippen molar-refractivity contribution in [3.05, 3.63) is 58.6 Å². The van der Waals surface area contributed by atoms with E-state index in [4.69, 9.17) is 5.73 Å². The smallest absolute Gasteiger partial charge is 0.384 e. The minimum Gasteiger partial charge on any atom is -0.384 e. The fourth-order valence-electron chi connectivity index (χ4n) is 2.39. The SMILES string of the molecule is Nc1cc(-c2cccc(Br)c2)c2cccc(C(F)(F)F)c2n1. The first kappa shape index (κ1) is 14.8. The molecule has 0 saturated heterocycles. The maximum atomic E-state index is 13.2. The topological polar surface area (TPSA) is 38.9 Å². The predicted octanol–water partition coefficient (Wildman–Crippen LogP) is 5.27. The van der Waals surface area contributed by atoms with Gasteiger partial charge < -0.3 is 5.73 Å². The number of halogens is 4. The molecule has 0 unspecified atom stereocenters. The van der Waals surface area contributed by atoms with Crippen LogP contribution in [0.1, 0.15) is 5.56 Å². The molecule has 6 heteroatoms. The van der Waals surface area contributed by atoms with Crippen LogP contribution in [0.5, 0.6) is 0 Å². The number of pyridine rings is 1. The van der Waals surface area contributed by atoms with Gasteiger partial charge in [-0.15, -0.1) is 0 Å². The average Bonchev–Trinajstić information content (AvgIpc) is 2.44. The Morgan fingerprint density at radius 3 is 2.41 bits per heavy atom. The standard InChI is InChI=1S/C16H10BrF3N2/c17-10-4-1-3-9(7-10)12-8-14(21)22-15-11(12)5-2-6-13(15)16(18,19)20/h1-8H,(H2,21,22). The lowest BCUT2D eigenvalue weighted by atomic mass is 9.99. The second-order valence-electron chi connectivity index (χ2n) is 4.80. The number of rotatable bonds is 1. The van der Waals surface area contributed by atoms with Gasteiger partial charge in [-0.2, -0.15) is 13.2 Å². The summed E-state index contributed by atoms with van der Waals surface area (Å²) in [5, 5.41) is 0.419. The molecule has 0 atom stereocenters. The van der Waals surface area contributed by atoms with E-state index in [1.807, 2.05) is 24.3 Å². The number of benzene rings is 2. The van der Waals surface area contributed by atoms with Gasteiger partial charge >= 0.3 is 6.18 Å². The highest BCUT2D eigenvalue weighted by Gasteiger charge is 2.33. The second kappa shape index (κ2) is 5.28. The molecule has 2 N–H and O–H groups in total. The van der Waals surface area contributed by atoms with Gasteiger partial charge in [0.1, 0.15) is 5.82 Å². The van der Waals surface area contributed by atoms with Crippen molar-refractivity contribution in [2.24, 2.45) is 0 Å². The lowest BCUT2D eigenvalue weighted by Crippen LogP contribution is -2.07. The highest BCUT2D eigenvalue weighted by Crippen LogP contribution is 2.38. The van der Waals surface area contributed by atoms with E-state index >= 15 is 0 Å². The van der Waals surface area contributed by atoms with Crippen LogP contribution in [0.3, 0.4) is 0 Å². The third kappa shape index (κ3) is 2.66. The molecule has 0 saturated carbocycles. The number of nitrogen functional groups attached to an aromatic ring is 1. The summed E-state index contributed by atoms with van der Waals surface area (Å²) in [5.74, 6) is 0.0548. The number of aromatic nitrogens is 1.